The molecule has 22 heavy (non-hydrogen) atoms. The number of hydrogen-bond acceptors (Lipinski definition) is 5. The summed E-state index contributed by atoms with van der Waals surface area (Å²) in [5.74, 6) is -0.0101. The van der Waals surface area contributed by atoms with E-state index in [9.17, 15) is 10.4 Å². The summed E-state index contributed by atoms with van der Waals surface area (Å²) in [6, 6.07) is 14.3. The van der Waals surface area contributed by atoms with Crippen LogP contribution in [0.3, 0.4) is 0 Å². The standard InChI is InChI=1S/C17H10N4O/c1-11-14(9-20)16(13(7-18)8-19)21-10-15(11)17(22)12-5-3-2-4-6-12/h2-6,10,22H,1H3/b17-15+. The number of benzene rings is 1. The fraction of sp³-hybridized carbons (Fsp3) is 0.0588. The minimum atomic E-state index is -0.231. The third-order valence-electron chi connectivity index (χ3n) is 3.21. The van der Waals surface area contributed by atoms with Crippen LogP contribution in [0.5, 0.6) is 0 Å². The van der Waals surface area contributed by atoms with Crippen molar-refractivity contribution in [3.8, 4) is 18.2 Å². The fourth-order valence-corrected chi connectivity index (χ4v) is 2.05. The molecular formula is C17H10N4O. The number of rotatable bonds is 1. The molecule has 0 spiro atoms. The Morgan fingerprint density at radius 3 is 2.27 bits per heavy atom. The van der Waals surface area contributed by atoms with Gasteiger partial charge in [-0.3, -0.25) is 4.98 Å². The molecule has 0 bridgehead atoms. The minimum Gasteiger partial charge on any atom is -0.507 e. The maximum Gasteiger partial charge on any atom is 0.156 e. The number of hydrogen-bond donors (Lipinski definition) is 1. The Morgan fingerprint density at radius 1 is 1.09 bits per heavy atom. The lowest BCUT2D eigenvalue weighted by atomic mass is 10.0. The predicted molar refractivity (Wildman–Crippen MR) is 79.2 cm³/mol. The van der Waals surface area contributed by atoms with Crippen LogP contribution in [0, 0.1) is 40.9 Å². The van der Waals surface area contributed by atoms with Crippen molar-refractivity contribution in [1.29, 1.82) is 15.8 Å². The fourth-order valence-electron chi connectivity index (χ4n) is 2.05. The molecule has 0 aliphatic carbocycles. The van der Waals surface area contributed by atoms with Gasteiger partial charge >= 0.3 is 0 Å². The van der Waals surface area contributed by atoms with E-state index in [1.165, 1.54) is 6.20 Å². The average molecular weight is 286 g/mol. The van der Waals surface area contributed by atoms with Gasteiger partial charge in [0.25, 0.3) is 0 Å². The van der Waals surface area contributed by atoms with Crippen LogP contribution in [0.25, 0.3) is 11.3 Å². The summed E-state index contributed by atoms with van der Waals surface area (Å²) >= 11 is 0. The van der Waals surface area contributed by atoms with E-state index in [1.54, 1.807) is 43.3 Å². The molecule has 0 saturated heterocycles. The zero-order valence-corrected chi connectivity index (χ0v) is 11.7. The van der Waals surface area contributed by atoms with Crippen molar-refractivity contribution >= 4 is 11.3 Å². The maximum atomic E-state index is 10.4. The van der Waals surface area contributed by atoms with Gasteiger partial charge in [-0.15, -0.1) is 0 Å². The molecule has 0 amide bonds. The van der Waals surface area contributed by atoms with Crippen molar-refractivity contribution in [2.24, 2.45) is 0 Å². The molecule has 0 fully saturated rings. The largest absolute Gasteiger partial charge is 0.507 e. The van der Waals surface area contributed by atoms with Gasteiger partial charge in [0.15, 0.2) is 5.57 Å². The van der Waals surface area contributed by atoms with Gasteiger partial charge in [0, 0.05) is 17.0 Å². The van der Waals surface area contributed by atoms with Crippen LogP contribution in [0.4, 0.5) is 0 Å². The second kappa shape index (κ2) is 6.22. The molecule has 1 aromatic heterocycles. The topological polar surface area (TPSA) is 104 Å². The maximum absolute atomic E-state index is 10.4. The van der Waals surface area contributed by atoms with E-state index in [-0.39, 0.29) is 22.2 Å². The van der Waals surface area contributed by atoms with E-state index in [2.05, 4.69) is 4.98 Å². The first-order valence-corrected chi connectivity index (χ1v) is 6.33. The van der Waals surface area contributed by atoms with E-state index in [1.807, 2.05) is 12.1 Å². The van der Waals surface area contributed by atoms with E-state index in [0.717, 1.165) is 0 Å². The number of nitrogens with zero attached hydrogens (tertiary/aromatic N) is 4. The van der Waals surface area contributed by atoms with Crippen molar-refractivity contribution in [1.82, 2.24) is 4.98 Å². The molecular weight excluding hydrogens is 276 g/mol. The van der Waals surface area contributed by atoms with Crippen molar-refractivity contribution in [2.45, 2.75) is 6.92 Å². The molecule has 0 aliphatic rings. The van der Waals surface area contributed by atoms with Gasteiger partial charge in [0.05, 0.1) is 5.56 Å². The van der Waals surface area contributed by atoms with Crippen LogP contribution < -0.4 is 10.6 Å². The van der Waals surface area contributed by atoms with Gasteiger partial charge in [-0.25, -0.2) is 0 Å². The highest BCUT2D eigenvalue weighted by atomic mass is 16.3. The molecule has 1 N–H and O–H groups in total. The van der Waals surface area contributed by atoms with Crippen molar-refractivity contribution in [3.63, 3.8) is 0 Å². The van der Waals surface area contributed by atoms with Gasteiger partial charge in [-0.05, 0) is 12.5 Å². The van der Waals surface area contributed by atoms with E-state index in [0.29, 0.717) is 16.3 Å². The molecule has 5 nitrogen and oxygen atoms in total. The summed E-state index contributed by atoms with van der Waals surface area (Å²) in [4.78, 5) is 4.01. The molecule has 5 heteroatoms. The van der Waals surface area contributed by atoms with Crippen LogP contribution in [0.15, 0.2) is 36.5 Å². The molecule has 1 heterocycles. The lowest BCUT2D eigenvalue weighted by Gasteiger charge is -2.04. The van der Waals surface area contributed by atoms with Crippen LogP contribution in [0.2, 0.25) is 0 Å². The lowest BCUT2D eigenvalue weighted by molar-refractivity contribution is 0.507. The van der Waals surface area contributed by atoms with E-state index >= 15 is 0 Å². The first kappa shape index (κ1) is 14.8. The summed E-state index contributed by atoms with van der Waals surface area (Å²) in [5, 5.41) is 38.0. The molecule has 0 atom stereocenters. The number of aromatic nitrogens is 1. The summed E-state index contributed by atoms with van der Waals surface area (Å²) in [6.07, 6.45) is 1.36. The Balaban J connectivity index is 2.92. The Morgan fingerprint density at radius 2 is 1.73 bits per heavy atom. The molecule has 2 aromatic rings. The Hall–Kier alpha value is -3.62. The first-order valence-electron chi connectivity index (χ1n) is 6.33. The minimum absolute atomic E-state index is 0.0101. The Bertz CT molecular complexity index is 955. The van der Waals surface area contributed by atoms with Crippen molar-refractivity contribution in [2.75, 3.05) is 0 Å². The Labute approximate surface area is 126 Å². The highest BCUT2D eigenvalue weighted by Gasteiger charge is 2.10. The van der Waals surface area contributed by atoms with Gasteiger partial charge in [0.2, 0.25) is 0 Å². The quantitative estimate of drug-likeness (QED) is 0.847. The third-order valence-corrected chi connectivity index (χ3v) is 3.21. The molecule has 0 unspecified atom stereocenters. The second-order valence-electron chi connectivity index (χ2n) is 4.45. The first-order chi connectivity index (χ1) is 10.6. The van der Waals surface area contributed by atoms with Crippen molar-refractivity contribution in [3.05, 3.63) is 63.8 Å². The molecule has 0 aliphatic heterocycles. The zero-order valence-electron chi connectivity index (χ0n) is 11.7. The molecule has 104 valence electrons. The van der Waals surface area contributed by atoms with Gasteiger partial charge in [0.1, 0.15) is 29.3 Å². The van der Waals surface area contributed by atoms with Crippen LogP contribution in [0.1, 0.15) is 16.7 Å². The number of nitriles is 3. The van der Waals surface area contributed by atoms with Crippen LogP contribution in [-0.2, 0) is 0 Å². The summed E-state index contributed by atoms with van der Waals surface area (Å²) in [5.41, 5.74) is 0.939. The summed E-state index contributed by atoms with van der Waals surface area (Å²) in [6.45, 7) is 1.64. The second-order valence-corrected chi connectivity index (χ2v) is 4.45. The number of aliphatic hydroxyl groups is 1. The monoisotopic (exact) mass is 286 g/mol. The molecule has 0 radical (unpaired) electrons. The zero-order chi connectivity index (χ0) is 16.1. The molecule has 2 rings (SSSR count). The van der Waals surface area contributed by atoms with Crippen LogP contribution >= 0.6 is 0 Å². The van der Waals surface area contributed by atoms with Gasteiger partial charge in [-0.1, -0.05) is 30.3 Å². The van der Waals surface area contributed by atoms with Crippen LogP contribution in [-0.4, -0.2) is 10.1 Å². The average Bonchev–Trinajstić information content (AvgIpc) is 2.56. The SMILES string of the molecule is Cc1c(C#N)c(=C(C#N)C#N)nc/c1=C(\O)c1ccccc1. The van der Waals surface area contributed by atoms with E-state index in [4.69, 9.17) is 10.5 Å². The van der Waals surface area contributed by atoms with E-state index < -0.39 is 0 Å². The normalized spacial score (nSPS) is 10.8. The van der Waals surface area contributed by atoms with Crippen molar-refractivity contribution < 1.29 is 5.11 Å². The van der Waals surface area contributed by atoms with Gasteiger partial charge in [-0.2, -0.15) is 15.8 Å². The summed E-state index contributed by atoms with van der Waals surface area (Å²) in [7, 11) is 0. The molecule has 1 aromatic carbocycles. The predicted octanol–water partition coefficient (Wildman–Crippen LogP) is 1.17. The smallest absolute Gasteiger partial charge is 0.156 e. The lowest BCUT2D eigenvalue weighted by Crippen LogP contribution is -2.25. The number of aliphatic hydroxyl groups excluding tert-OH is 1. The third kappa shape index (κ3) is 2.50. The van der Waals surface area contributed by atoms with Gasteiger partial charge < -0.3 is 5.11 Å². The highest BCUT2D eigenvalue weighted by molar-refractivity contribution is 5.73. The highest BCUT2D eigenvalue weighted by Crippen LogP contribution is 2.08. The number of pyridine rings is 1. The summed E-state index contributed by atoms with van der Waals surface area (Å²) < 4.78 is 0. The molecule has 0 saturated carbocycles. The Kier molecular flexibility index (Phi) is 4.18.